The molecule has 1 heterocycles. The molecule has 1 fully saturated rings. The summed E-state index contributed by atoms with van der Waals surface area (Å²) in [5, 5.41) is 13.2. The number of piperazine rings is 1. The van der Waals surface area contributed by atoms with Gasteiger partial charge in [0.2, 0.25) is 0 Å². The molecule has 0 bridgehead atoms. The first-order chi connectivity index (χ1) is 8.63. The highest BCUT2D eigenvalue weighted by atomic mass is 79.9. The Hall–Kier alpha value is -0.100. The fraction of sp³-hybridized carbons (Fsp3) is 0.538. The van der Waals surface area contributed by atoms with E-state index in [1.165, 1.54) is 5.56 Å². The number of hydrogen-bond acceptors (Lipinski definition) is 3. The molecule has 1 aromatic rings. The highest BCUT2D eigenvalue weighted by molar-refractivity contribution is 9.11. The van der Waals surface area contributed by atoms with Gasteiger partial charge in [-0.25, -0.2) is 0 Å². The normalized spacial score (nSPS) is 18.8. The summed E-state index contributed by atoms with van der Waals surface area (Å²) in [5.41, 5.74) is 1.25. The molecule has 18 heavy (non-hydrogen) atoms. The van der Waals surface area contributed by atoms with Crippen molar-refractivity contribution >= 4 is 31.9 Å². The third kappa shape index (κ3) is 3.07. The molecule has 1 atom stereocenters. The lowest BCUT2D eigenvalue weighted by atomic mass is 10.0. The number of benzene rings is 1. The van der Waals surface area contributed by atoms with Crippen molar-refractivity contribution in [2.45, 2.75) is 19.4 Å². The van der Waals surface area contributed by atoms with Gasteiger partial charge in [0.1, 0.15) is 5.75 Å². The van der Waals surface area contributed by atoms with E-state index in [-0.39, 0.29) is 5.75 Å². The van der Waals surface area contributed by atoms with Crippen LogP contribution in [0.4, 0.5) is 0 Å². The van der Waals surface area contributed by atoms with Crippen molar-refractivity contribution in [1.29, 1.82) is 0 Å². The number of rotatable bonds is 3. The molecule has 2 N–H and O–H groups in total. The molecule has 0 radical (unpaired) electrons. The second kappa shape index (κ2) is 6.37. The highest BCUT2D eigenvalue weighted by Gasteiger charge is 2.21. The summed E-state index contributed by atoms with van der Waals surface area (Å²) in [6.07, 6.45) is 1.07. The molecule has 0 spiro atoms. The molecule has 1 saturated heterocycles. The Morgan fingerprint density at radius 2 is 1.83 bits per heavy atom. The Morgan fingerprint density at radius 1 is 1.28 bits per heavy atom. The van der Waals surface area contributed by atoms with Crippen molar-refractivity contribution in [2.24, 2.45) is 0 Å². The molecule has 0 saturated carbocycles. The van der Waals surface area contributed by atoms with E-state index in [2.05, 4.69) is 49.0 Å². The van der Waals surface area contributed by atoms with Crippen LogP contribution in [0.15, 0.2) is 21.1 Å². The number of nitrogens with one attached hydrogen (secondary N) is 1. The molecule has 5 heteroatoms. The molecule has 0 aromatic heterocycles. The van der Waals surface area contributed by atoms with Crippen LogP contribution >= 0.6 is 31.9 Å². The van der Waals surface area contributed by atoms with Gasteiger partial charge in [0.25, 0.3) is 0 Å². The van der Waals surface area contributed by atoms with Gasteiger partial charge in [-0.15, -0.1) is 0 Å². The number of nitrogens with zero attached hydrogens (tertiary/aromatic N) is 1. The number of phenols is 1. The lowest BCUT2D eigenvalue weighted by molar-refractivity contribution is 0.169. The maximum Gasteiger partial charge on any atom is 0.143 e. The standard InChI is InChI=1S/C13H18Br2N2O/c1-2-12(17-5-3-16-4-6-17)9-7-10(14)13(18)11(15)8-9/h7-8,12,16,18H,2-6H2,1H3/t12-/m0/s1. The van der Waals surface area contributed by atoms with Crippen molar-refractivity contribution in [3.63, 3.8) is 0 Å². The minimum atomic E-state index is 0.272. The van der Waals surface area contributed by atoms with E-state index >= 15 is 0 Å². The number of hydrogen-bond donors (Lipinski definition) is 2. The zero-order valence-electron chi connectivity index (χ0n) is 10.4. The summed E-state index contributed by atoms with van der Waals surface area (Å²) in [7, 11) is 0. The Balaban J connectivity index is 2.26. The zero-order valence-corrected chi connectivity index (χ0v) is 13.6. The number of aromatic hydroxyl groups is 1. The molecule has 1 aliphatic heterocycles. The predicted molar refractivity (Wildman–Crippen MR) is 81.0 cm³/mol. The van der Waals surface area contributed by atoms with E-state index in [0.717, 1.165) is 41.5 Å². The fourth-order valence-electron chi connectivity index (χ4n) is 2.48. The first-order valence-electron chi connectivity index (χ1n) is 6.26. The second-order valence-electron chi connectivity index (χ2n) is 4.54. The van der Waals surface area contributed by atoms with Gasteiger partial charge in [0.15, 0.2) is 0 Å². The lowest BCUT2D eigenvalue weighted by Gasteiger charge is -2.35. The van der Waals surface area contributed by atoms with E-state index in [9.17, 15) is 5.11 Å². The van der Waals surface area contributed by atoms with Gasteiger partial charge in [-0.3, -0.25) is 4.90 Å². The molecule has 3 nitrogen and oxygen atoms in total. The van der Waals surface area contributed by atoms with Crippen LogP contribution in [0.25, 0.3) is 0 Å². The van der Waals surface area contributed by atoms with Crippen LogP contribution < -0.4 is 5.32 Å². The molecule has 2 rings (SSSR count). The van der Waals surface area contributed by atoms with E-state index in [1.54, 1.807) is 0 Å². The van der Waals surface area contributed by atoms with Crippen molar-refractivity contribution < 1.29 is 5.11 Å². The summed E-state index contributed by atoms with van der Waals surface area (Å²) in [4.78, 5) is 2.50. The van der Waals surface area contributed by atoms with Crippen LogP contribution in [-0.4, -0.2) is 36.2 Å². The third-order valence-electron chi connectivity index (χ3n) is 3.40. The molecule has 1 aliphatic rings. The topological polar surface area (TPSA) is 35.5 Å². The summed E-state index contributed by atoms with van der Waals surface area (Å²) in [6.45, 7) is 6.47. The average molecular weight is 378 g/mol. The molecule has 1 aromatic carbocycles. The van der Waals surface area contributed by atoms with Gasteiger partial charge in [-0.05, 0) is 56.0 Å². The minimum Gasteiger partial charge on any atom is -0.506 e. The fourth-order valence-corrected chi connectivity index (χ4v) is 3.70. The van der Waals surface area contributed by atoms with Crippen molar-refractivity contribution in [2.75, 3.05) is 26.2 Å². The molecule has 0 unspecified atom stereocenters. The lowest BCUT2D eigenvalue weighted by Crippen LogP contribution is -2.45. The SMILES string of the molecule is CC[C@@H](c1cc(Br)c(O)c(Br)c1)N1CCNCC1. The Kier molecular flexibility index (Phi) is 5.06. The summed E-state index contributed by atoms with van der Waals surface area (Å²) in [5.74, 6) is 0.272. The van der Waals surface area contributed by atoms with Crippen molar-refractivity contribution in [3.05, 3.63) is 26.6 Å². The van der Waals surface area contributed by atoms with Crippen LogP contribution in [0, 0.1) is 0 Å². The molecular formula is C13H18Br2N2O. The van der Waals surface area contributed by atoms with Gasteiger partial charge in [0, 0.05) is 32.2 Å². The maximum absolute atomic E-state index is 9.78. The van der Waals surface area contributed by atoms with Gasteiger partial charge in [0.05, 0.1) is 8.95 Å². The van der Waals surface area contributed by atoms with Crippen molar-refractivity contribution in [1.82, 2.24) is 10.2 Å². The van der Waals surface area contributed by atoms with Gasteiger partial charge in [-0.1, -0.05) is 6.92 Å². The van der Waals surface area contributed by atoms with E-state index in [1.807, 2.05) is 12.1 Å². The second-order valence-corrected chi connectivity index (χ2v) is 6.25. The maximum atomic E-state index is 9.78. The Morgan fingerprint density at radius 3 is 2.33 bits per heavy atom. The zero-order chi connectivity index (χ0) is 13.1. The first kappa shape index (κ1) is 14.3. The molecular weight excluding hydrogens is 360 g/mol. The van der Waals surface area contributed by atoms with E-state index < -0.39 is 0 Å². The van der Waals surface area contributed by atoms with Gasteiger partial charge >= 0.3 is 0 Å². The van der Waals surface area contributed by atoms with E-state index in [0.29, 0.717) is 6.04 Å². The smallest absolute Gasteiger partial charge is 0.143 e. The average Bonchev–Trinajstić information content (AvgIpc) is 2.38. The summed E-state index contributed by atoms with van der Waals surface area (Å²) < 4.78 is 1.50. The molecule has 0 aliphatic carbocycles. The predicted octanol–water partition coefficient (Wildman–Crippen LogP) is 3.27. The van der Waals surface area contributed by atoms with Crippen LogP contribution in [0.3, 0.4) is 0 Å². The minimum absolute atomic E-state index is 0.272. The van der Waals surface area contributed by atoms with Crippen molar-refractivity contribution in [3.8, 4) is 5.75 Å². The largest absolute Gasteiger partial charge is 0.506 e. The van der Waals surface area contributed by atoms with Crippen LogP contribution in [-0.2, 0) is 0 Å². The third-order valence-corrected chi connectivity index (χ3v) is 4.61. The Bertz CT molecular complexity index is 396. The van der Waals surface area contributed by atoms with Crippen LogP contribution in [0.1, 0.15) is 24.9 Å². The Labute approximate surface area is 125 Å². The van der Waals surface area contributed by atoms with Gasteiger partial charge in [-0.2, -0.15) is 0 Å². The summed E-state index contributed by atoms with van der Waals surface area (Å²) >= 11 is 6.82. The number of halogens is 2. The van der Waals surface area contributed by atoms with Crippen LogP contribution in [0.5, 0.6) is 5.75 Å². The van der Waals surface area contributed by atoms with Gasteiger partial charge < -0.3 is 10.4 Å². The quantitative estimate of drug-likeness (QED) is 0.848. The molecule has 100 valence electrons. The first-order valence-corrected chi connectivity index (χ1v) is 7.84. The molecule has 0 amide bonds. The highest BCUT2D eigenvalue weighted by Crippen LogP contribution is 2.37. The number of phenolic OH excluding ortho intramolecular Hbond substituents is 1. The van der Waals surface area contributed by atoms with Crippen LogP contribution in [0.2, 0.25) is 0 Å². The monoisotopic (exact) mass is 376 g/mol. The van der Waals surface area contributed by atoms with E-state index in [4.69, 9.17) is 0 Å². The summed E-state index contributed by atoms with van der Waals surface area (Å²) in [6, 6.07) is 4.47.